The summed E-state index contributed by atoms with van der Waals surface area (Å²) in [6, 6.07) is 6.14. The van der Waals surface area contributed by atoms with E-state index in [1.54, 1.807) is 6.20 Å². The van der Waals surface area contributed by atoms with E-state index in [1.165, 1.54) is 0 Å². The van der Waals surface area contributed by atoms with E-state index in [2.05, 4.69) is 4.98 Å². The van der Waals surface area contributed by atoms with E-state index in [9.17, 15) is 19.8 Å². The van der Waals surface area contributed by atoms with Crippen molar-refractivity contribution in [3.05, 3.63) is 36.0 Å². The summed E-state index contributed by atoms with van der Waals surface area (Å²) in [5.41, 5.74) is 4.82. The average molecular weight is 306 g/mol. The van der Waals surface area contributed by atoms with Gasteiger partial charge in [0.05, 0.1) is 0 Å². The van der Waals surface area contributed by atoms with Crippen LogP contribution in [0.4, 0.5) is 0 Å². The van der Waals surface area contributed by atoms with Crippen LogP contribution in [0.15, 0.2) is 30.5 Å². The van der Waals surface area contributed by atoms with E-state index in [4.69, 9.17) is 10.8 Å². The van der Waals surface area contributed by atoms with Crippen LogP contribution in [0, 0.1) is 0 Å². The molecule has 0 aliphatic heterocycles. The summed E-state index contributed by atoms with van der Waals surface area (Å²) >= 11 is 0. The van der Waals surface area contributed by atoms with Crippen molar-refractivity contribution < 1.29 is 24.9 Å². The summed E-state index contributed by atoms with van der Waals surface area (Å²) in [7, 11) is 0. The zero-order valence-corrected chi connectivity index (χ0v) is 11.8. The van der Waals surface area contributed by atoms with Crippen molar-refractivity contribution in [1.29, 1.82) is 0 Å². The lowest BCUT2D eigenvalue weighted by atomic mass is 9.88. The number of aromatic nitrogens is 1. The zero-order valence-electron chi connectivity index (χ0n) is 11.8. The van der Waals surface area contributed by atoms with Crippen molar-refractivity contribution in [2.24, 2.45) is 5.73 Å². The van der Waals surface area contributed by atoms with E-state index in [0.29, 0.717) is 5.56 Å². The number of carboxylic acids is 2. The Kier molecular flexibility index (Phi) is 4.48. The summed E-state index contributed by atoms with van der Waals surface area (Å²) in [5.74, 6) is -2.62. The van der Waals surface area contributed by atoms with E-state index >= 15 is 0 Å². The van der Waals surface area contributed by atoms with Crippen molar-refractivity contribution in [3.63, 3.8) is 0 Å². The predicted octanol–water partition coefficient (Wildman–Crippen LogP) is 0.718. The molecule has 1 heterocycles. The van der Waals surface area contributed by atoms with E-state index in [1.807, 2.05) is 24.3 Å². The number of H-pyrrole nitrogens is 1. The molecule has 22 heavy (non-hydrogen) atoms. The SMILES string of the molecule is NC(CC[C@@](O)(Cc1c[nH]c2ccccc12)C(=O)O)C(=O)O. The Morgan fingerprint density at radius 1 is 1.27 bits per heavy atom. The Hall–Kier alpha value is -2.38. The maximum absolute atomic E-state index is 11.4. The van der Waals surface area contributed by atoms with Crippen molar-refractivity contribution in [1.82, 2.24) is 4.98 Å². The topological polar surface area (TPSA) is 137 Å². The second-order valence-corrected chi connectivity index (χ2v) is 5.36. The first-order valence-electron chi connectivity index (χ1n) is 6.82. The summed E-state index contributed by atoms with van der Waals surface area (Å²) < 4.78 is 0. The van der Waals surface area contributed by atoms with Crippen LogP contribution >= 0.6 is 0 Å². The highest BCUT2D eigenvalue weighted by atomic mass is 16.4. The number of hydrogen-bond donors (Lipinski definition) is 5. The molecule has 0 saturated heterocycles. The number of nitrogens with two attached hydrogens (primary N) is 1. The van der Waals surface area contributed by atoms with Gasteiger partial charge in [-0.25, -0.2) is 4.79 Å². The van der Waals surface area contributed by atoms with Crippen LogP contribution in [0.2, 0.25) is 0 Å². The third-order valence-corrected chi connectivity index (χ3v) is 3.74. The molecule has 2 atom stereocenters. The predicted molar refractivity (Wildman–Crippen MR) is 79.4 cm³/mol. The summed E-state index contributed by atoms with van der Waals surface area (Å²) in [6.07, 6.45) is 1.16. The molecule has 1 unspecified atom stereocenters. The minimum absolute atomic E-state index is 0.125. The molecule has 0 radical (unpaired) electrons. The molecule has 0 fully saturated rings. The van der Waals surface area contributed by atoms with Crippen LogP contribution in [-0.2, 0) is 16.0 Å². The maximum Gasteiger partial charge on any atom is 0.336 e. The minimum Gasteiger partial charge on any atom is -0.480 e. The molecule has 0 aliphatic carbocycles. The molecule has 0 spiro atoms. The smallest absolute Gasteiger partial charge is 0.336 e. The van der Waals surface area contributed by atoms with Crippen LogP contribution < -0.4 is 5.73 Å². The molecular weight excluding hydrogens is 288 g/mol. The van der Waals surface area contributed by atoms with Gasteiger partial charge in [-0.2, -0.15) is 0 Å². The number of carbonyl (C=O) groups is 2. The van der Waals surface area contributed by atoms with Gasteiger partial charge in [0.25, 0.3) is 0 Å². The lowest BCUT2D eigenvalue weighted by molar-refractivity contribution is -0.159. The lowest BCUT2D eigenvalue weighted by Crippen LogP contribution is -2.43. The highest BCUT2D eigenvalue weighted by Gasteiger charge is 2.37. The fraction of sp³-hybridized carbons (Fsp3) is 0.333. The third-order valence-electron chi connectivity index (χ3n) is 3.74. The van der Waals surface area contributed by atoms with Crippen LogP contribution in [0.5, 0.6) is 0 Å². The van der Waals surface area contributed by atoms with Crippen molar-refractivity contribution in [2.45, 2.75) is 30.9 Å². The van der Waals surface area contributed by atoms with Gasteiger partial charge in [0, 0.05) is 23.5 Å². The second kappa shape index (κ2) is 6.17. The molecule has 7 heteroatoms. The molecule has 118 valence electrons. The molecule has 2 rings (SSSR count). The first-order valence-corrected chi connectivity index (χ1v) is 6.82. The van der Waals surface area contributed by atoms with Gasteiger partial charge in [0.15, 0.2) is 5.60 Å². The molecule has 0 aliphatic rings. The summed E-state index contributed by atoms with van der Waals surface area (Å²) in [4.78, 5) is 25.1. The van der Waals surface area contributed by atoms with Gasteiger partial charge in [-0.15, -0.1) is 0 Å². The average Bonchev–Trinajstić information content (AvgIpc) is 2.87. The first kappa shape index (κ1) is 16.0. The van der Waals surface area contributed by atoms with Gasteiger partial charge in [0.1, 0.15) is 6.04 Å². The summed E-state index contributed by atoms with van der Waals surface area (Å²) in [5, 5.41) is 29.3. The van der Waals surface area contributed by atoms with Gasteiger partial charge in [-0.05, 0) is 24.5 Å². The maximum atomic E-state index is 11.4. The first-order chi connectivity index (χ1) is 10.3. The van der Waals surface area contributed by atoms with Crippen molar-refractivity contribution in [2.75, 3.05) is 0 Å². The van der Waals surface area contributed by atoms with Gasteiger partial charge >= 0.3 is 11.9 Å². The number of para-hydroxylation sites is 1. The summed E-state index contributed by atoms with van der Waals surface area (Å²) in [6.45, 7) is 0. The molecule has 1 aromatic carbocycles. The van der Waals surface area contributed by atoms with Crippen LogP contribution in [0.1, 0.15) is 18.4 Å². The number of carboxylic acid groups (broad SMARTS) is 2. The van der Waals surface area contributed by atoms with Crippen molar-refractivity contribution >= 4 is 22.8 Å². The molecule has 0 amide bonds. The molecule has 6 N–H and O–H groups in total. The standard InChI is InChI=1S/C15H18N2O5/c16-11(13(18)19)5-6-15(22,14(20)21)7-9-8-17-12-4-2-1-3-10(9)12/h1-4,8,11,17,22H,5-7,16H2,(H,18,19)(H,20,21)/t11?,15-/m1/s1. The van der Waals surface area contributed by atoms with Crippen LogP contribution in [0.3, 0.4) is 0 Å². The van der Waals surface area contributed by atoms with Crippen LogP contribution in [0.25, 0.3) is 10.9 Å². The molecule has 2 aromatic rings. The Bertz CT molecular complexity index is 696. The number of nitrogens with one attached hydrogen (secondary N) is 1. The molecule has 7 nitrogen and oxygen atoms in total. The third kappa shape index (κ3) is 3.26. The number of aliphatic carboxylic acids is 2. The van der Waals surface area contributed by atoms with Gasteiger partial charge in [0.2, 0.25) is 0 Å². The number of hydrogen-bond acceptors (Lipinski definition) is 4. The quantitative estimate of drug-likeness (QED) is 0.511. The largest absolute Gasteiger partial charge is 0.480 e. The fourth-order valence-electron chi connectivity index (χ4n) is 2.38. The van der Waals surface area contributed by atoms with Crippen LogP contribution in [-0.4, -0.2) is 43.9 Å². The Morgan fingerprint density at radius 3 is 2.59 bits per heavy atom. The van der Waals surface area contributed by atoms with E-state index < -0.39 is 23.6 Å². The number of benzene rings is 1. The van der Waals surface area contributed by atoms with E-state index in [-0.39, 0.29) is 19.3 Å². The highest BCUT2D eigenvalue weighted by Crippen LogP contribution is 2.26. The molecule has 0 bridgehead atoms. The lowest BCUT2D eigenvalue weighted by Gasteiger charge is -2.24. The molecular formula is C15H18N2O5. The number of aromatic amines is 1. The minimum atomic E-state index is -2.06. The highest BCUT2D eigenvalue weighted by molar-refractivity contribution is 5.85. The second-order valence-electron chi connectivity index (χ2n) is 5.36. The Labute approximate surface area is 126 Å². The number of rotatable bonds is 7. The van der Waals surface area contributed by atoms with Gasteiger partial charge in [-0.3, -0.25) is 4.79 Å². The molecule has 0 saturated carbocycles. The van der Waals surface area contributed by atoms with Crippen molar-refractivity contribution in [3.8, 4) is 0 Å². The zero-order chi connectivity index (χ0) is 16.3. The normalized spacial score (nSPS) is 15.4. The van der Waals surface area contributed by atoms with Gasteiger partial charge < -0.3 is 26.0 Å². The van der Waals surface area contributed by atoms with E-state index in [0.717, 1.165) is 10.9 Å². The molecule has 1 aromatic heterocycles. The Morgan fingerprint density at radius 2 is 1.95 bits per heavy atom. The van der Waals surface area contributed by atoms with Gasteiger partial charge in [-0.1, -0.05) is 18.2 Å². The fourth-order valence-corrected chi connectivity index (χ4v) is 2.38. The Balaban J connectivity index is 2.21. The number of fused-ring (bicyclic) bond motifs is 1. The number of aliphatic hydroxyl groups is 1. The monoisotopic (exact) mass is 306 g/mol.